The molecule has 0 radical (unpaired) electrons. The van der Waals surface area contributed by atoms with E-state index in [1.807, 2.05) is 29.8 Å². The number of hydrogen-bond donors (Lipinski definition) is 0. The first-order chi connectivity index (χ1) is 16.8. The number of aryl methyl sites for hydroxylation is 1. The molecule has 0 aliphatic carbocycles. The summed E-state index contributed by atoms with van der Waals surface area (Å²) in [4.78, 5) is 40.7. The van der Waals surface area contributed by atoms with E-state index in [0.717, 1.165) is 5.69 Å². The fraction of sp³-hybridized carbons (Fsp3) is 0.308. The Kier molecular flexibility index (Phi) is 6.95. The molecule has 182 valence electrons. The summed E-state index contributed by atoms with van der Waals surface area (Å²) in [6, 6.07) is 13.8. The number of amides is 2. The highest BCUT2D eigenvalue weighted by Gasteiger charge is 2.35. The zero-order valence-corrected chi connectivity index (χ0v) is 19.7. The molecule has 1 aliphatic rings. The van der Waals surface area contributed by atoms with Crippen molar-refractivity contribution >= 4 is 17.5 Å². The van der Waals surface area contributed by atoms with Gasteiger partial charge in [0.25, 0.3) is 11.6 Å². The van der Waals surface area contributed by atoms with Crippen LogP contribution in [0.15, 0.2) is 60.8 Å². The summed E-state index contributed by atoms with van der Waals surface area (Å²) in [5.74, 6) is -1.17. The van der Waals surface area contributed by atoms with Crippen molar-refractivity contribution in [2.75, 3.05) is 19.6 Å². The van der Waals surface area contributed by atoms with E-state index in [9.17, 15) is 24.1 Å². The number of carbonyl (C=O) groups excluding carboxylic acids is 2. The standard InChI is InChI=1S/C26H27FN4O4/c1-3-12-29(26(33)19-11-10-18(2)23(16-19)31(34)35)17-24(32)30-15-14-28-13-6-9-22(28)25(30)20-7-4-5-8-21(20)27/h4-11,13,16,25H,3,12,14-15,17H2,1-2H3/t25-/m0/s1. The van der Waals surface area contributed by atoms with Crippen molar-refractivity contribution < 1.29 is 18.9 Å². The number of benzene rings is 2. The van der Waals surface area contributed by atoms with Crippen LogP contribution in [0, 0.1) is 22.9 Å². The number of rotatable bonds is 7. The van der Waals surface area contributed by atoms with E-state index in [1.54, 1.807) is 30.0 Å². The van der Waals surface area contributed by atoms with Crippen molar-refractivity contribution in [3.8, 4) is 0 Å². The number of hydrogen-bond acceptors (Lipinski definition) is 4. The molecule has 3 aromatic rings. The minimum atomic E-state index is -0.619. The summed E-state index contributed by atoms with van der Waals surface area (Å²) in [6.07, 6.45) is 2.51. The smallest absolute Gasteiger partial charge is 0.273 e. The molecular weight excluding hydrogens is 451 g/mol. The lowest BCUT2D eigenvalue weighted by molar-refractivity contribution is -0.385. The van der Waals surface area contributed by atoms with Crippen molar-refractivity contribution in [2.45, 2.75) is 32.9 Å². The van der Waals surface area contributed by atoms with E-state index in [0.29, 0.717) is 37.2 Å². The summed E-state index contributed by atoms with van der Waals surface area (Å²) in [5.41, 5.74) is 1.66. The quantitative estimate of drug-likeness (QED) is 0.374. The number of nitro groups is 1. The van der Waals surface area contributed by atoms with Gasteiger partial charge in [0.05, 0.1) is 4.92 Å². The fourth-order valence-electron chi connectivity index (χ4n) is 4.57. The topological polar surface area (TPSA) is 88.7 Å². The minimum Gasteiger partial charge on any atom is -0.348 e. The molecule has 0 bridgehead atoms. The largest absolute Gasteiger partial charge is 0.348 e. The molecule has 0 saturated heterocycles. The van der Waals surface area contributed by atoms with Crippen LogP contribution in [-0.4, -0.2) is 50.7 Å². The number of carbonyl (C=O) groups is 2. The molecule has 2 aromatic carbocycles. The first kappa shape index (κ1) is 24.1. The van der Waals surface area contributed by atoms with Gasteiger partial charge in [0, 0.05) is 54.3 Å². The SMILES string of the molecule is CCCN(CC(=O)N1CCn2cccc2[C@@H]1c1ccccc1F)C(=O)c1ccc(C)c([N+](=O)[O-])c1. The first-order valence-corrected chi connectivity index (χ1v) is 11.5. The van der Waals surface area contributed by atoms with Crippen LogP contribution in [-0.2, 0) is 11.3 Å². The molecule has 0 saturated carbocycles. The fourth-order valence-corrected chi connectivity index (χ4v) is 4.57. The second-order valence-electron chi connectivity index (χ2n) is 8.62. The van der Waals surface area contributed by atoms with Crippen LogP contribution in [0.5, 0.6) is 0 Å². The lowest BCUT2D eigenvalue weighted by atomic mass is 9.99. The van der Waals surface area contributed by atoms with Crippen molar-refractivity contribution in [3.63, 3.8) is 0 Å². The molecule has 2 heterocycles. The zero-order chi connectivity index (χ0) is 25.1. The highest BCUT2D eigenvalue weighted by atomic mass is 19.1. The summed E-state index contributed by atoms with van der Waals surface area (Å²) < 4.78 is 16.8. The second kappa shape index (κ2) is 10.1. The summed E-state index contributed by atoms with van der Waals surface area (Å²) in [6.45, 7) is 4.52. The van der Waals surface area contributed by atoms with E-state index in [2.05, 4.69) is 0 Å². The van der Waals surface area contributed by atoms with Gasteiger partial charge in [-0.3, -0.25) is 19.7 Å². The van der Waals surface area contributed by atoms with Gasteiger partial charge >= 0.3 is 0 Å². The van der Waals surface area contributed by atoms with Crippen LogP contribution in [0.2, 0.25) is 0 Å². The van der Waals surface area contributed by atoms with E-state index in [4.69, 9.17) is 0 Å². The van der Waals surface area contributed by atoms with Gasteiger partial charge in [-0.25, -0.2) is 4.39 Å². The Hall–Kier alpha value is -4.01. The maximum Gasteiger partial charge on any atom is 0.273 e. The van der Waals surface area contributed by atoms with Crippen molar-refractivity contribution in [3.05, 3.63) is 99.1 Å². The molecule has 2 amide bonds. The van der Waals surface area contributed by atoms with Gasteiger partial charge in [-0.15, -0.1) is 0 Å². The average Bonchev–Trinajstić information content (AvgIpc) is 3.32. The van der Waals surface area contributed by atoms with Crippen LogP contribution in [0.3, 0.4) is 0 Å². The normalized spacial score (nSPS) is 14.9. The van der Waals surface area contributed by atoms with Crippen molar-refractivity contribution in [2.24, 2.45) is 0 Å². The van der Waals surface area contributed by atoms with Crippen LogP contribution >= 0.6 is 0 Å². The molecule has 8 nitrogen and oxygen atoms in total. The van der Waals surface area contributed by atoms with Gasteiger partial charge in [0.2, 0.25) is 5.91 Å². The number of aromatic nitrogens is 1. The Morgan fingerprint density at radius 2 is 1.91 bits per heavy atom. The Bertz CT molecular complexity index is 1270. The van der Waals surface area contributed by atoms with Crippen molar-refractivity contribution in [1.82, 2.24) is 14.4 Å². The molecular formula is C26H27FN4O4. The first-order valence-electron chi connectivity index (χ1n) is 11.5. The number of nitrogens with zero attached hydrogens (tertiary/aromatic N) is 4. The van der Waals surface area contributed by atoms with Gasteiger partial charge < -0.3 is 14.4 Å². The number of nitro benzene ring substituents is 1. The summed E-state index contributed by atoms with van der Waals surface area (Å²) >= 11 is 0. The average molecular weight is 479 g/mol. The molecule has 1 aromatic heterocycles. The molecule has 1 atom stereocenters. The maximum absolute atomic E-state index is 14.8. The number of fused-ring (bicyclic) bond motifs is 1. The van der Waals surface area contributed by atoms with Crippen LogP contribution in [0.25, 0.3) is 0 Å². The third kappa shape index (κ3) is 4.80. The van der Waals surface area contributed by atoms with E-state index < -0.39 is 22.7 Å². The highest BCUT2D eigenvalue weighted by molar-refractivity contribution is 5.97. The van der Waals surface area contributed by atoms with E-state index >= 15 is 0 Å². The molecule has 35 heavy (non-hydrogen) atoms. The van der Waals surface area contributed by atoms with Crippen LogP contribution in [0.4, 0.5) is 10.1 Å². The molecule has 0 spiro atoms. The molecule has 1 aliphatic heterocycles. The molecule has 0 unspecified atom stereocenters. The molecule has 0 fully saturated rings. The highest BCUT2D eigenvalue weighted by Crippen LogP contribution is 2.34. The third-order valence-electron chi connectivity index (χ3n) is 6.32. The maximum atomic E-state index is 14.8. The van der Waals surface area contributed by atoms with E-state index in [1.165, 1.54) is 29.2 Å². The Balaban J connectivity index is 1.63. The Labute approximate surface area is 202 Å². The van der Waals surface area contributed by atoms with Crippen LogP contribution < -0.4 is 0 Å². The predicted octanol–water partition coefficient (Wildman–Crippen LogP) is 4.33. The molecule has 9 heteroatoms. The van der Waals surface area contributed by atoms with Gasteiger partial charge in [-0.1, -0.05) is 31.2 Å². The lowest BCUT2D eigenvalue weighted by Gasteiger charge is -2.38. The van der Waals surface area contributed by atoms with Crippen molar-refractivity contribution in [1.29, 1.82) is 0 Å². The third-order valence-corrected chi connectivity index (χ3v) is 6.32. The zero-order valence-electron chi connectivity index (χ0n) is 19.7. The van der Waals surface area contributed by atoms with E-state index in [-0.39, 0.29) is 23.7 Å². The van der Waals surface area contributed by atoms with Gasteiger partial charge in [-0.05, 0) is 37.6 Å². The predicted molar refractivity (Wildman–Crippen MR) is 128 cm³/mol. The lowest BCUT2D eigenvalue weighted by Crippen LogP contribution is -2.48. The Morgan fingerprint density at radius 3 is 2.63 bits per heavy atom. The summed E-state index contributed by atoms with van der Waals surface area (Å²) in [7, 11) is 0. The molecule has 4 rings (SSSR count). The Morgan fingerprint density at radius 1 is 1.14 bits per heavy atom. The summed E-state index contributed by atoms with van der Waals surface area (Å²) in [5, 5.41) is 11.3. The van der Waals surface area contributed by atoms with Gasteiger partial charge in [-0.2, -0.15) is 0 Å². The van der Waals surface area contributed by atoms with Gasteiger partial charge in [0.15, 0.2) is 0 Å². The second-order valence-corrected chi connectivity index (χ2v) is 8.62. The van der Waals surface area contributed by atoms with Crippen LogP contribution in [0.1, 0.15) is 46.6 Å². The monoisotopic (exact) mass is 478 g/mol. The number of halogens is 1. The molecule has 0 N–H and O–H groups in total. The minimum absolute atomic E-state index is 0.143. The van der Waals surface area contributed by atoms with Gasteiger partial charge in [0.1, 0.15) is 18.4 Å².